The average Bonchev–Trinajstić information content (AvgIpc) is 2.86. The average molecular weight is 467 g/mol. The molecule has 0 spiro atoms. The smallest absolute Gasteiger partial charge is 0.306 e. The number of methoxy groups -OCH3 is 1. The molecule has 0 aliphatic carbocycles. The first-order chi connectivity index (χ1) is 16.8. The Hall–Kier alpha value is -2.39. The van der Waals surface area contributed by atoms with Crippen molar-refractivity contribution in [3.05, 3.63) is 29.8 Å². The molecule has 1 aromatic rings. The molecule has 0 saturated carbocycles. The van der Waals surface area contributed by atoms with Crippen molar-refractivity contribution in [1.82, 2.24) is 0 Å². The van der Waals surface area contributed by atoms with Gasteiger partial charge in [0, 0.05) is 19.3 Å². The standard InChI is InChI=1S/C31H46O3/c1-3-4-5-6-7-8-9-10-11-12-13-14-15-16-17-18-19-20-21-22-23-31(32)34-28-29-24-26-30(33-2)27-25-29/h24-27H,3-11,16-23,28H2,1-2H3. The largest absolute Gasteiger partial charge is 0.497 e. The first-order valence-electron chi connectivity index (χ1n) is 13.5. The number of rotatable bonds is 19. The van der Waals surface area contributed by atoms with Gasteiger partial charge < -0.3 is 9.47 Å². The summed E-state index contributed by atoms with van der Waals surface area (Å²) in [5.74, 6) is 13.0. The van der Waals surface area contributed by atoms with E-state index in [0.717, 1.165) is 49.8 Å². The van der Waals surface area contributed by atoms with E-state index >= 15 is 0 Å². The fourth-order valence-electron chi connectivity index (χ4n) is 3.71. The van der Waals surface area contributed by atoms with Gasteiger partial charge >= 0.3 is 5.97 Å². The van der Waals surface area contributed by atoms with E-state index in [1.807, 2.05) is 24.3 Å². The fraction of sp³-hybridized carbons (Fsp3) is 0.645. The Morgan fingerprint density at radius 3 is 1.74 bits per heavy atom. The number of carbonyl (C=O) groups excluding carboxylic acids is 1. The molecule has 1 aromatic carbocycles. The van der Waals surface area contributed by atoms with E-state index in [0.29, 0.717) is 13.0 Å². The van der Waals surface area contributed by atoms with Crippen LogP contribution in [0.2, 0.25) is 0 Å². The summed E-state index contributed by atoms with van der Waals surface area (Å²) in [7, 11) is 1.64. The molecule has 0 unspecified atom stereocenters. The van der Waals surface area contributed by atoms with Crippen LogP contribution in [0.3, 0.4) is 0 Å². The van der Waals surface area contributed by atoms with Gasteiger partial charge in [-0.3, -0.25) is 4.79 Å². The quantitative estimate of drug-likeness (QED) is 0.117. The lowest BCUT2D eigenvalue weighted by Crippen LogP contribution is -2.04. The third kappa shape index (κ3) is 18.1. The van der Waals surface area contributed by atoms with E-state index in [9.17, 15) is 4.79 Å². The third-order valence-electron chi connectivity index (χ3n) is 5.89. The summed E-state index contributed by atoms with van der Waals surface area (Å²) in [5.41, 5.74) is 0.978. The van der Waals surface area contributed by atoms with E-state index in [1.165, 1.54) is 64.2 Å². The molecular weight excluding hydrogens is 420 g/mol. The van der Waals surface area contributed by atoms with Crippen LogP contribution in [0.5, 0.6) is 5.75 Å². The van der Waals surface area contributed by atoms with Gasteiger partial charge in [-0.1, -0.05) is 102 Å². The molecule has 0 fully saturated rings. The Morgan fingerprint density at radius 2 is 1.21 bits per heavy atom. The minimum Gasteiger partial charge on any atom is -0.497 e. The molecule has 0 aliphatic rings. The summed E-state index contributed by atoms with van der Waals surface area (Å²) in [6.07, 6.45) is 19.8. The van der Waals surface area contributed by atoms with Gasteiger partial charge in [0.15, 0.2) is 0 Å². The van der Waals surface area contributed by atoms with Crippen molar-refractivity contribution in [1.29, 1.82) is 0 Å². The number of hydrogen-bond acceptors (Lipinski definition) is 3. The van der Waals surface area contributed by atoms with Crippen LogP contribution in [-0.4, -0.2) is 13.1 Å². The van der Waals surface area contributed by atoms with E-state index in [2.05, 4.69) is 30.6 Å². The highest BCUT2D eigenvalue weighted by molar-refractivity contribution is 5.69. The van der Waals surface area contributed by atoms with Crippen molar-refractivity contribution in [3.63, 3.8) is 0 Å². The highest BCUT2D eigenvalue weighted by Gasteiger charge is 2.03. The van der Waals surface area contributed by atoms with E-state index in [4.69, 9.17) is 9.47 Å². The normalized spacial score (nSPS) is 10.1. The minimum atomic E-state index is -0.116. The third-order valence-corrected chi connectivity index (χ3v) is 5.89. The minimum absolute atomic E-state index is 0.116. The summed E-state index contributed by atoms with van der Waals surface area (Å²) in [6.45, 7) is 2.59. The van der Waals surface area contributed by atoms with Crippen molar-refractivity contribution >= 4 is 5.97 Å². The summed E-state index contributed by atoms with van der Waals surface area (Å²) in [4.78, 5) is 11.9. The maximum atomic E-state index is 11.9. The number of benzene rings is 1. The van der Waals surface area contributed by atoms with Crippen LogP contribution in [-0.2, 0) is 16.1 Å². The fourth-order valence-corrected chi connectivity index (χ4v) is 3.71. The number of ether oxygens (including phenoxy) is 2. The van der Waals surface area contributed by atoms with E-state index in [-0.39, 0.29) is 5.97 Å². The molecule has 0 saturated heterocycles. The summed E-state index contributed by atoms with van der Waals surface area (Å²) in [5, 5.41) is 0. The van der Waals surface area contributed by atoms with Crippen molar-refractivity contribution in [2.24, 2.45) is 0 Å². The maximum absolute atomic E-state index is 11.9. The predicted molar refractivity (Wildman–Crippen MR) is 143 cm³/mol. The molecule has 3 heteroatoms. The molecule has 1 rings (SSSR count). The van der Waals surface area contributed by atoms with Crippen LogP contribution in [0.15, 0.2) is 24.3 Å². The molecule has 0 aliphatic heterocycles. The zero-order valence-corrected chi connectivity index (χ0v) is 21.8. The molecule has 3 nitrogen and oxygen atoms in total. The zero-order chi connectivity index (χ0) is 24.5. The van der Waals surface area contributed by atoms with Crippen LogP contribution in [0.1, 0.15) is 122 Å². The lowest BCUT2D eigenvalue weighted by molar-refractivity contribution is -0.145. The number of hydrogen-bond donors (Lipinski definition) is 0. The van der Waals surface area contributed by atoms with Crippen molar-refractivity contribution in [3.8, 4) is 29.4 Å². The highest BCUT2D eigenvalue weighted by Crippen LogP contribution is 2.13. The Bertz CT molecular complexity index is 743. The monoisotopic (exact) mass is 466 g/mol. The van der Waals surface area contributed by atoms with Crippen molar-refractivity contribution in [2.75, 3.05) is 7.11 Å². The van der Waals surface area contributed by atoms with Gasteiger partial charge in [0.25, 0.3) is 0 Å². The lowest BCUT2D eigenvalue weighted by Gasteiger charge is -2.06. The molecule has 0 radical (unpaired) electrons. The second-order valence-corrected chi connectivity index (χ2v) is 8.96. The molecule has 0 amide bonds. The number of unbranched alkanes of at least 4 members (excludes halogenated alkanes) is 14. The predicted octanol–water partition coefficient (Wildman–Crippen LogP) is 8.40. The summed E-state index contributed by atoms with van der Waals surface area (Å²) >= 11 is 0. The van der Waals surface area contributed by atoms with E-state index in [1.54, 1.807) is 7.11 Å². The first-order valence-corrected chi connectivity index (χ1v) is 13.5. The van der Waals surface area contributed by atoms with Gasteiger partial charge in [-0.05, 0) is 48.8 Å². The molecule has 0 bridgehead atoms. The maximum Gasteiger partial charge on any atom is 0.306 e. The highest BCUT2D eigenvalue weighted by atomic mass is 16.5. The van der Waals surface area contributed by atoms with Gasteiger partial charge in [0.2, 0.25) is 0 Å². The molecule has 0 atom stereocenters. The Labute approximate surface area is 209 Å². The molecule has 188 valence electrons. The summed E-state index contributed by atoms with van der Waals surface area (Å²) < 4.78 is 10.5. The zero-order valence-electron chi connectivity index (χ0n) is 21.8. The van der Waals surface area contributed by atoms with Crippen LogP contribution in [0, 0.1) is 23.7 Å². The van der Waals surface area contributed by atoms with Gasteiger partial charge in [0.05, 0.1) is 7.11 Å². The first kappa shape index (κ1) is 29.6. The topological polar surface area (TPSA) is 35.5 Å². The Balaban J connectivity index is 1.87. The number of carbonyl (C=O) groups is 1. The van der Waals surface area contributed by atoms with Gasteiger partial charge in [0.1, 0.15) is 12.4 Å². The van der Waals surface area contributed by atoms with Crippen molar-refractivity contribution < 1.29 is 14.3 Å². The Morgan fingerprint density at radius 1 is 0.706 bits per heavy atom. The van der Waals surface area contributed by atoms with Gasteiger partial charge in [-0.15, -0.1) is 0 Å². The van der Waals surface area contributed by atoms with E-state index < -0.39 is 0 Å². The lowest BCUT2D eigenvalue weighted by atomic mass is 10.1. The van der Waals surface area contributed by atoms with Gasteiger partial charge in [-0.2, -0.15) is 0 Å². The Kier molecular flexibility index (Phi) is 19.5. The van der Waals surface area contributed by atoms with Crippen molar-refractivity contribution in [2.45, 2.75) is 123 Å². The van der Waals surface area contributed by atoms with Crippen LogP contribution in [0.4, 0.5) is 0 Å². The SMILES string of the molecule is CCCCCCCCCCC#CC#CCCCCCCCCC(=O)OCc1ccc(OC)cc1. The summed E-state index contributed by atoms with van der Waals surface area (Å²) in [6, 6.07) is 7.59. The molecular formula is C31H46O3. The second kappa shape index (κ2) is 22.4. The van der Waals surface area contributed by atoms with Crippen LogP contribution < -0.4 is 4.74 Å². The van der Waals surface area contributed by atoms with Gasteiger partial charge in [-0.25, -0.2) is 0 Å². The molecule has 0 N–H and O–H groups in total. The second-order valence-electron chi connectivity index (χ2n) is 8.96. The van der Waals surface area contributed by atoms with Crippen LogP contribution in [0.25, 0.3) is 0 Å². The molecule has 34 heavy (non-hydrogen) atoms. The van der Waals surface area contributed by atoms with Crippen LogP contribution >= 0.6 is 0 Å². The number of esters is 1. The molecule has 0 heterocycles. The molecule has 0 aromatic heterocycles.